The van der Waals surface area contributed by atoms with Crippen molar-refractivity contribution in [3.05, 3.63) is 69.6 Å². The maximum absolute atomic E-state index is 12.9. The van der Waals surface area contributed by atoms with Crippen LogP contribution >= 0.6 is 11.3 Å². The van der Waals surface area contributed by atoms with Gasteiger partial charge in [0.05, 0.1) is 10.3 Å². The molecule has 3 rings (SSSR count). The number of carbonyl (C=O) groups is 1. The van der Waals surface area contributed by atoms with Crippen LogP contribution in [0.2, 0.25) is 0 Å². The second kappa shape index (κ2) is 9.33. The van der Waals surface area contributed by atoms with Gasteiger partial charge in [-0.1, -0.05) is 29.5 Å². The van der Waals surface area contributed by atoms with Crippen LogP contribution in [0.25, 0.3) is 0 Å². The number of rotatable bonds is 9. The van der Waals surface area contributed by atoms with E-state index in [2.05, 4.69) is 0 Å². The molecule has 11 heteroatoms. The number of carboxylic acids is 1. The van der Waals surface area contributed by atoms with E-state index >= 15 is 0 Å². The van der Waals surface area contributed by atoms with Crippen LogP contribution in [0.5, 0.6) is 17.4 Å². The van der Waals surface area contributed by atoms with Gasteiger partial charge in [0.25, 0.3) is 0 Å². The van der Waals surface area contributed by atoms with E-state index in [1.54, 1.807) is 24.3 Å². The summed E-state index contributed by atoms with van der Waals surface area (Å²) >= 11 is 0.770. The molecule has 1 unspecified atom stereocenters. The summed E-state index contributed by atoms with van der Waals surface area (Å²) in [7, 11) is -2.97. The van der Waals surface area contributed by atoms with Crippen LogP contribution in [0.15, 0.2) is 69.7 Å². The van der Waals surface area contributed by atoms with E-state index < -0.39 is 26.9 Å². The number of para-hydroxylation sites is 1. The molecule has 0 aliphatic heterocycles. The van der Waals surface area contributed by atoms with E-state index in [0.29, 0.717) is 11.5 Å². The number of sulfonamides is 1. The molecular weight excluding hydrogens is 444 g/mol. The van der Waals surface area contributed by atoms with E-state index in [4.69, 9.17) is 4.74 Å². The first-order valence-corrected chi connectivity index (χ1v) is 11.4. The molecule has 0 radical (unpaired) electrons. The van der Waals surface area contributed by atoms with Crippen molar-refractivity contribution in [2.24, 2.45) is 0 Å². The molecule has 0 aliphatic carbocycles. The second-order valence-corrected chi connectivity index (χ2v) is 9.38. The largest absolute Gasteiger partial charge is 0.494 e. The Bertz CT molecular complexity index is 1200. The normalized spacial score (nSPS) is 12.6. The van der Waals surface area contributed by atoms with Gasteiger partial charge in [-0.3, -0.25) is 14.2 Å². The highest BCUT2D eigenvalue weighted by molar-refractivity contribution is 7.89. The summed E-state index contributed by atoms with van der Waals surface area (Å²) in [5.41, 5.74) is 0. The molecule has 2 aromatic carbocycles. The predicted octanol–water partition coefficient (Wildman–Crippen LogP) is 2.57. The third-order valence-corrected chi connectivity index (χ3v) is 7.22. The zero-order chi connectivity index (χ0) is 22.6. The molecule has 9 nitrogen and oxygen atoms in total. The Labute approximate surface area is 182 Å². The quantitative estimate of drug-likeness (QED) is 0.498. The number of carboxylic acid groups (broad SMARTS) is 1. The van der Waals surface area contributed by atoms with Crippen LogP contribution in [0.1, 0.15) is 6.42 Å². The van der Waals surface area contributed by atoms with Crippen molar-refractivity contribution in [1.82, 2.24) is 8.87 Å². The molecule has 164 valence electrons. The summed E-state index contributed by atoms with van der Waals surface area (Å²) in [6, 6.07) is 13.1. The number of aromatic nitrogens is 1. The van der Waals surface area contributed by atoms with E-state index in [1.165, 1.54) is 36.7 Å². The van der Waals surface area contributed by atoms with Gasteiger partial charge in [0.15, 0.2) is 0 Å². The second-order valence-electron chi connectivity index (χ2n) is 6.56. The third-order valence-electron chi connectivity index (χ3n) is 4.59. The highest BCUT2D eigenvalue weighted by Gasteiger charge is 2.33. The fourth-order valence-corrected chi connectivity index (χ4v) is 4.87. The number of likely N-dealkylation sites (N-methyl/N-ethyl adjacent to an activating group) is 1. The molecule has 31 heavy (non-hydrogen) atoms. The van der Waals surface area contributed by atoms with Gasteiger partial charge in [-0.2, -0.15) is 4.31 Å². The first-order chi connectivity index (χ1) is 14.7. The Balaban J connectivity index is 1.76. The predicted molar refractivity (Wildman–Crippen MR) is 114 cm³/mol. The van der Waals surface area contributed by atoms with Crippen molar-refractivity contribution in [1.29, 1.82) is 0 Å². The van der Waals surface area contributed by atoms with Crippen molar-refractivity contribution in [2.75, 3.05) is 7.05 Å². The van der Waals surface area contributed by atoms with Gasteiger partial charge in [0, 0.05) is 13.6 Å². The van der Waals surface area contributed by atoms with Crippen LogP contribution in [0.3, 0.4) is 0 Å². The summed E-state index contributed by atoms with van der Waals surface area (Å²) in [5.74, 6) is -0.639. The highest BCUT2D eigenvalue weighted by Crippen LogP contribution is 2.25. The zero-order valence-corrected chi connectivity index (χ0v) is 18.0. The molecular formula is C20H20N2O7S2. The fourth-order valence-electron chi connectivity index (χ4n) is 2.88. The molecule has 1 heterocycles. The lowest BCUT2D eigenvalue weighted by atomic mass is 10.2. The number of ether oxygens (including phenoxy) is 1. The molecule has 0 bridgehead atoms. The summed E-state index contributed by atoms with van der Waals surface area (Å²) in [6.07, 6.45) is -0.204. The van der Waals surface area contributed by atoms with E-state index in [-0.39, 0.29) is 23.7 Å². The minimum atomic E-state index is -4.13. The van der Waals surface area contributed by atoms with Gasteiger partial charge < -0.3 is 14.9 Å². The topological polar surface area (TPSA) is 126 Å². The molecule has 3 aromatic rings. The lowest BCUT2D eigenvalue weighted by Crippen LogP contribution is -2.43. The molecule has 1 aromatic heterocycles. The minimum Gasteiger partial charge on any atom is -0.494 e. The van der Waals surface area contributed by atoms with Gasteiger partial charge >= 0.3 is 10.8 Å². The lowest BCUT2D eigenvalue weighted by molar-refractivity contribution is -0.141. The van der Waals surface area contributed by atoms with Crippen molar-refractivity contribution in [2.45, 2.75) is 23.9 Å². The van der Waals surface area contributed by atoms with Crippen LogP contribution in [-0.4, -0.2) is 46.6 Å². The number of aliphatic carboxylic acids is 1. The number of hydrogen-bond acceptors (Lipinski definition) is 7. The SMILES string of the molecule is CN(C(CCn1c(O)csc1=O)C(=O)O)S(=O)(=O)c1ccc(Oc2ccccc2)cc1. The molecule has 0 fully saturated rings. The van der Waals surface area contributed by atoms with E-state index in [9.17, 15) is 28.2 Å². The molecule has 0 saturated carbocycles. The molecule has 2 N–H and O–H groups in total. The first kappa shape index (κ1) is 22.5. The maximum atomic E-state index is 12.9. The van der Waals surface area contributed by atoms with Gasteiger partial charge in [0.1, 0.15) is 17.5 Å². The van der Waals surface area contributed by atoms with Gasteiger partial charge in [-0.25, -0.2) is 8.42 Å². The van der Waals surface area contributed by atoms with Crippen LogP contribution < -0.4 is 9.61 Å². The van der Waals surface area contributed by atoms with Gasteiger partial charge in [-0.05, 0) is 42.8 Å². The van der Waals surface area contributed by atoms with Crippen molar-refractivity contribution in [3.8, 4) is 17.4 Å². The summed E-state index contributed by atoms with van der Waals surface area (Å²) in [5, 5.41) is 20.5. The smallest absolute Gasteiger partial charge is 0.322 e. The number of aromatic hydroxyl groups is 1. The molecule has 0 amide bonds. The molecule has 1 atom stereocenters. The zero-order valence-electron chi connectivity index (χ0n) is 16.4. The monoisotopic (exact) mass is 464 g/mol. The summed E-state index contributed by atoms with van der Waals surface area (Å²) in [6.45, 7) is -0.144. The van der Waals surface area contributed by atoms with Crippen molar-refractivity contribution < 1.29 is 28.2 Å². The first-order valence-electron chi connectivity index (χ1n) is 9.11. The molecule has 0 saturated heterocycles. The van der Waals surface area contributed by atoms with Gasteiger partial charge in [-0.15, -0.1) is 0 Å². The Kier molecular flexibility index (Phi) is 6.78. The summed E-state index contributed by atoms with van der Waals surface area (Å²) < 4.78 is 33.3. The van der Waals surface area contributed by atoms with Gasteiger partial charge in [0.2, 0.25) is 15.9 Å². The highest BCUT2D eigenvalue weighted by atomic mass is 32.2. The van der Waals surface area contributed by atoms with Crippen LogP contribution in [-0.2, 0) is 21.4 Å². The van der Waals surface area contributed by atoms with E-state index in [1.807, 2.05) is 6.07 Å². The molecule has 0 spiro atoms. The summed E-state index contributed by atoms with van der Waals surface area (Å²) in [4.78, 5) is 22.9. The number of thiazole rings is 1. The van der Waals surface area contributed by atoms with E-state index in [0.717, 1.165) is 20.2 Å². The standard InChI is InChI=1S/C20H20N2O7S2/c1-21(17(19(24)25)11-12-22-18(23)13-30-20(22)26)31(27,28)16-9-7-15(8-10-16)29-14-5-3-2-4-6-14/h2-10,13,17,23H,11-12H2,1H3,(H,24,25). The van der Waals surface area contributed by atoms with Crippen LogP contribution in [0.4, 0.5) is 0 Å². The lowest BCUT2D eigenvalue weighted by Gasteiger charge is -2.24. The number of benzene rings is 2. The molecule has 0 aliphatic rings. The minimum absolute atomic E-state index is 0.0998. The Morgan fingerprint density at radius 3 is 2.29 bits per heavy atom. The Morgan fingerprint density at radius 2 is 1.74 bits per heavy atom. The maximum Gasteiger partial charge on any atom is 0.322 e. The fraction of sp³-hybridized carbons (Fsp3) is 0.200. The number of nitrogens with zero attached hydrogens (tertiary/aromatic N) is 2. The Hall–Kier alpha value is -3.15. The van der Waals surface area contributed by atoms with Crippen molar-refractivity contribution in [3.63, 3.8) is 0 Å². The average Bonchev–Trinajstić information content (AvgIpc) is 3.06. The average molecular weight is 465 g/mol. The van der Waals surface area contributed by atoms with Crippen molar-refractivity contribution >= 4 is 27.3 Å². The third kappa shape index (κ3) is 5.13. The van der Waals surface area contributed by atoms with Crippen LogP contribution in [0, 0.1) is 0 Å². The Morgan fingerprint density at radius 1 is 1.13 bits per heavy atom. The number of hydrogen-bond donors (Lipinski definition) is 2.